The van der Waals surface area contributed by atoms with Crippen LogP contribution < -0.4 is 5.32 Å². The predicted molar refractivity (Wildman–Crippen MR) is 48.3 cm³/mol. The summed E-state index contributed by atoms with van der Waals surface area (Å²) in [5, 5.41) is 3.48. The maximum Gasteiger partial charge on any atom is 0.181 e. The van der Waals surface area contributed by atoms with Gasteiger partial charge in [0.25, 0.3) is 0 Å². The summed E-state index contributed by atoms with van der Waals surface area (Å²) in [6, 6.07) is 0.561. The van der Waals surface area contributed by atoms with Crippen molar-refractivity contribution >= 4 is 0 Å². The molecule has 0 saturated heterocycles. The summed E-state index contributed by atoms with van der Waals surface area (Å²) in [4.78, 5) is 4.22. The van der Waals surface area contributed by atoms with Crippen molar-refractivity contribution in [3.8, 4) is 0 Å². The maximum atomic E-state index is 5.33. The van der Waals surface area contributed by atoms with Crippen molar-refractivity contribution in [1.29, 1.82) is 0 Å². The largest absolute Gasteiger partial charge is 0.448 e. The number of aromatic nitrogens is 1. The molecule has 1 aromatic heterocycles. The molecule has 3 nitrogen and oxygen atoms in total. The summed E-state index contributed by atoms with van der Waals surface area (Å²) >= 11 is 0. The van der Waals surface area contributed by atoms with Gasteiger partial charge in [-0.25, -0.2) is 4.98 Å². The van der Waals surface area contributed by atoms with Crippen LogP contribution in [0.1, 0.15) is 11.5 Å². The van der Waals surface area contributed by atoms with Crippen LogP contribution in [0.2, 0.25) is 0 Å². The lowest BCUT2D eigenvalue weighted by Gasteiger charge is -2.31. The third-order valence-corrected chi connectivity index (χ3v) is 2.96. The SMILES string of the molecule is C1=CC2Cc3ncoc3CC2NC1. The molecule has 13 heavy (non-hydrogen) atoms. The summed E-state index contributed by atoms with van der Waals surface area (Å²) in [5.41, 5.74) is 1.15. The Morgan fingerprint density at radius 1 is 1.46 bits per heavy atom. The molecule has 0 spiro atoms. The average molecular weight is 176 g/mol. The molecule has 68 valence electrons. The molecule has 1 N–H and O–H groups in total. The molecule has 2 unspecified atom stereocenters. The highest BCUT2D eigenvalue weighted by atomic mass is 16.3. The van der Waals surface area contributed by atoms with Crippen molar-refractivity contribution in [2.24, 2.45) is 5.92 Å². The fourth-order valence-electron chi connectivity index (χ4n) is 2.23. The molecule has 0 saturated carbocycles. The number of hydrogen-bond acceptors (Lipinski definition) is 3. The first kappa shape index (κ1) is 7.33. The van der Waals surface area contributed by atoms with Crippen molar-refractivity contribution in [2.75, 3.05) is 6.54 Å². The van der Waals surface area contributed by atoms with E-state index in [0.717, 1.165) is 30.8 Å². The Morgan fingerprint density at radius 2 is 2.46 bits per heavy atom. The maximum absolute atomic E-state index is 5.33. The number of fused-ring (bicyclic) bond motifs is 2. The van der Waals surface area contributed by atoms with Gasteiger partial charge in [-0.05, 0) is 5.92 Å². The van der Waals surface area contributed by atoms with Crippen molar-refractivity contribution in [3.05, 3.63) is 30.0 Å². The van der Waals surface area contributed by atoms with Gasteiger partial charge in [0.05, 0.1) is 5.69 Å². The lowest BCUT2D eigenvalue weighted by Crippen LogP contribution is -2.43. The fraction of sp³-hybridized carbons (Fsp3) is 0.500. The first-order valence-corrected chi connectivity index (χ1v) is 4.75. The lowest BCUT2D eigenvalue weighted by atomic mass is 9.84. The van der Waals surface area contributed by atoms with Gasteiger partial charge in [-0.15, -0.1) is 0 Å². The Hall–Kier alpha value is -1.09. The Morgan fingerprint density at radius 3 is 3.46 bits per heavy atom. The van der Waals surface area contributed by atoms with E-state index in [1.165, 1.54) is 0 Å². The van der Waals surface area contributed by atoms with Crippen molar-refractivity contribution < 1.29 is 4.42 Å². The van der Waals surface area contributed by atoms with E-state index in [4.69, 9.17) is 4.42 Å². The van der Waals surface area contributed by atoms with Gasteiger partial charge in [-0.3, -0.25) is 0 Å². The minimum Gasteiger partial charge on any atom is -0.448 e. The number of oxazole rings is 1. The van der Waals surface area contributed by atoms with Gasteiger partial charge in [0.1, 0.15) is 5.76 Å². The molecule has 1 aromatic rings. The molecule has 0 aromatic carbocycles. The molecule has 0 radical (unpaired) electrons. The first-order chi connectivity index (χ1) is 6.43. The molecule has 0 amide bonds. The van der Waals surface area contributed by atoms with Crippen molar-refractivity contribution in [3.63, 3.8) is 0 Å². The van der Waals surface area contributed by atoms with E-state index in [-0.39, 0.29) is 0 Å². The third kappa shape index (κ3) is 1.11. The highest BCUT2D eigenvalue weighted by Gasteiger charge is 2.30. The van der Waals surface area contributed by atoms with Crippen molar-refractivity contribution in [2.45, 2.75) is 18.9 Å². The van der Waals surface area contributed by atoms with Crippen LogP contribution in [0.15, 0.2) is 23.0 Å². The minimum absolute atomic E-state index is 0.561. The highest BCUT2D eigenvalue weighted by Crippen LogP contribution is 2.27. The summed E-state index contributed by atoms with van der Waals surface area (Å²) < 4.78 is 5.33. The van der Waals surface area contributed by atoms with E-state index in [1.807, 2.05) is 0 Å². The van der Waals surface area contributed by atoms with Crippen LogP contribution in [0.3, 0.4) is 0 Å². The standard InChI is InChI=1S/C10H12N2O/c1-2-7-4-9-10(13-6-12-9)5-8(7)11-3-1/h1-2,6-8,11H,3-5H2. The minimum atomic E-state index is 0.561. The smallest absolute Gasteiger partial charge is 0.181 e. The van der Waals surface area contributed by atoms with Crippen LogP contribution in [-0.2, 0) is 12.8 Å². The van der Waals surface area contributed by atoms with Crippen LogP contribution in [0, 0.1) is 5.92 Å². The predicted octanol–water partition coefficient (Wildman–Crippen LogP) is 0.917. The van der Waals surface area contributed by atoms with Crippen LogP contribution >= 0.6 is 0 Å². The monoisotopic (exact) mass is 176 g/mol. The Bertz CT molecular complexity index is 342. The quantitative estimate of drug-likeness (QED) is 0.597. The van der Waals surface area contributed by atoms with Gasteiger partial charge >= 0.3 is 0 Å². The topological polar surface area (TPSA) is 38.1 Å². The second-order valence-corrected chi connectivity index (χ2v) is 3.74. The summed E-state index contributed by atoms with van der Waals surface area (Å²) in [6.07, 6.45) is 8.08. The molecule has 2 atom stereocenters. The Kier molecular flexibility index (Phi) is 1.52. The molecule has 1 aliphatic carbocycles. The normalized spacial score (nSPS) is 31.1. The van der Waals surface area contributed by atoms with Crippen LogP contribution in [-0.4, -0.2) is 17.6 Å². The van der Waals surface area contributed by atoms with E-state index in [0.29, 0.717) is 12.0 Å². The zero-order valence-corrected chi connectivity index (χ0v) is 7.36. The molecule has 3 rings (SSSR count). The van der Waals surface area contributed by atoms with Crippen molar-refractivity contribution in [1.82, 2.24) is 10.3 Å². The van der Waals surface area contributed by atoms with Gasteiger partial charge in [0.2, 0.25) is 0 Å². The lowest BCUT2D eigenvalue weighted by molar-refractivity contribution is 0.345. The second-order valence-electron chi connectivity index (χ2n) is 3.74. The van der Waals surface area contributed by atoms with Gasteiger partial charge < -0.3 is 9.73 Å². The first-order valence-electron chi connectivity index (χ1n) is 4.75. The van der Waals surface area contributed by atoms with E-state index in [2.05, 4.69) is 22.5 Å². The molecule has 1 aliphatic heterocycles. The molecular weight excluding hydrogens is 164 g/mol. The molecule has 2 aliphatic rings. The van der Waals surface area contributed by atoms with E-state index in [1.54, 1.807) is 6.39 Å². The number of nitrogens with one attached hydrogen (secondary N) is 1. The van der Waals surface area contributed by atoms with Gasteiger partial charge in [-0.1, -0.05) is 12.2 Å². The van der Waals surface area contributed by atoms with E-state index in [9.17, 15) is 0 Å². The van der Waals surface area contributed by atoms with Crippen LogP contribution in [0.4, 0.5) is 0 Å². The molecule has 0 bridgehead atoms. The molecular formula is C10H12N2O. The summed E-state index contributed by atoms with van der Waals surface area (Å²) in [6.45, 7) is 0.991. The van der Waals surface area contributed by atoms with Gasteiger partial charge in [-0.2, -0.15) is 0 Å². The Balaban J connectivity index is 1.95. The van der Waals surface area contributed by atoms with Gasteiger partial charge in [0, 0.05) is 25.4 Å². The molecule has 2 heterocycles. The molecule has 3 heteroatoms. The van der Waals surface area contributed by atoms with Crippen LogP contribution in [0.5, 0.6) is 0 Å². The average Bonchev–Trinajstić information content (AvgIpc) is 2.61. The zero-order chi connectivity index (χ0) is 8.67. The third-order valence-electron chi connectivity index (χ3n) is 2.96. The summed E-state index contributed by atoms with van der Waals surface area (Å²) in [7, 11) is 0. The Labute approximate surface area is 76.8 Å². The number of hydrogen-bond donors (Lipinski definition) is 1. The zero-order valence-electron chi connectivity index (χ0n) is 7.36. The number of nitrogens with zero attached hydrogens (tertiary/aromatic N) is 1. The number of rotatable bonds is 0. The van der Waals surface area contributed by atoms with Crippen LogP contribution in [0.25, 0.3) is 0 Å². The highest BCUT2D eigenvalue weighted by molar-refractivity contribution is 5.19. The van der Waals surface area contributed by atoms with E-state index < -0.39 is 0 Å². The fourth-order valence-corrected chi connectivity index (χ4v) is 2.23. The van der Waals surface area contributed by atoms with E-state index >= 15 is 0 Å². The second kappa shape index (κ2) is 2.70. The summed E-state index contributed by atoms with van der Waals surface area (Å²) in [5.74, 6) is 1.69. The molecule has 0 fully saturated rings. The van der Waals surface area contributed by atoms with Gasteiger partial charge in [0.15, 0.2) is 6.39 Å².